The lowest BCUT2D eigenvalue weighted by molar-refractivity contribution is 0.792. The second-order valence-electron chi connectivity index (χ2n) is 7.54. The van der Waals surface area contributed by atoms with Crippen molar-refractivity contribution < 1.29 is 0 Å². The fourth-order valence-electron chi connectivity index (χ4n) is 4.05. The third-order valence-electron chi connectivity index (χ3n) is 5.51. The summed E-state index contributed by atoms with van der Waals surface area (Å²) in [6, 6.07) is 25.5. The Morgan fingerprint density at radius 1 is 0.833 bits per heavy atom. The van der Waals surface area contributed by atoms with E-state index >= 15 is 0 Å². The molecule has 3 nitrogen and oxygen atoms in total. The molecule has 5 rings (SSSR count). The summed E-state index contributed by atoms with van der Waals surface area (Å²) in [7, 11) is 0. The molecule has 0 radical (unpaired) electrons. The molecule has 3 aromatic carbocycles. The number of aromatic nitrogens is 2. The van der Waals surface area contributed by atoms with E-state index in [-0.39, 0.29) is 0 Å². The van der Waals surface area contributed by atoms with Gasteiger partial charge in [-0.15, -0.1) is 11.3 Å². The summed E-state index contributed by atoms with van der Waals surface area (Å²) in [5, 5.41) is 3.64. The maximum atomic E-state index is 6.25. The van der Waals surface area contributed by atoms with Gasteiger partial charge in [-0.3, -0.25) is 0 Å². The van der Waals surface area contributed by atoms with E-state index in [0.717, 1.165) is 41.1 Å². The predicted octanol–water partition coefficient (Wildman–Crippen LogP) is 7.10. The highest BCUT2D eigenvalue weighted by Gasteiger charge is 2.19. The Bertz CT molecular complexity index is 1320. The summed E-state index contributed by atoms with van der Waals surface area (Å²) < 4.78 is 1.26. The fourth-order valence-corrected chi connectivity index (χ4v) is 5.13. The van der Waals surface area contributed by atoms with Crippen LogP contribution in [0.15, 0.2) is 72.8 Å². The molecule has 0 aliphatic heterocycles. The van der Waals surface area contributed by atoms with Gasteiger partial charge in [-0.25, -0.2) is 9.97 Å². The van der Waals surface area contributed by atoms with Gasteiger partial charge in [0.05, 0.1) is 16.3 Å². The number of hydrogen-bond acceptors (Lipinski definition) is 4. The number of fused-ring (bicyclic) bond motifs is 2. The molecule has 0 unspecified atom stereocenters. The number of nitrogen functional groups attached to an aromatic ring is 1. The average Bonchev–Trinajstić information content (AvgIpc) is 3.21. The largest absolute Gasteiger partial charge is 0.368 e. The third kappa shape index (κ3) is 3.33. The maximum Gasteiger partial charge on any atom is 0.221 e. The number of anilines is 1. The van der Waals surface area contributed by atoms with Crippen LogP contribution in [0, 0.1) is 0 Å². The number of hydrogen-bond donors (Lipinski definition) is 1. The lowest BCUT2D eigenvalue weighted by Crippen LogP contribution is -2.05. The predicted molar refractivity (Wildman–Crippen MR) is 129 cm³/mol. The first-order chi connectivity index (χ1) is 14.7. The molecule has 2 N–H and O–H groups in total. The van der Waals surface area contributed by atoms with Gasteiger partial charge in [0.15, 0.2) is 0 Å². The Hall–Kier alpha value is -3.24. The number of benzene rings is 3. The van der Waals surface area contributed by atoms with Gasteiger partial charge in [0.2, 0.25) is 5.95 Å². The van der Waals surface area contributed by atoms with Crippen molar-refractivity contribution in [2.24, 2.45) is 0 Å². The second kappa shape index (κ2) is 7.88. The molecule has 2 aromatic heterocycles. The molecular formula is C26H23N3S. The van der Waals surface area contributed by atoms with Crippen molar-refractivity contribution >= 4 is 38.1 Å². The van der Waals surface area contributed by atoms with E-state index in [1.54, 1.807) is 11.3 Å². The molecule has 30 heavy (non-hydrogen) atoms. The molecule has 0 aliphatic rings. The molecule has 0 amide bonds. The minimum Gasteiger partial charge on any atom is -0.368 e. The lowest BCUT2D eigenvalue weighted by atomic mass is 9.95. The molecular weight excluding hydrogens is 386 g/mol. The van der Waals surface area contributed by atoms with E-state index in [1.807, 2.05) is 0 Å². The van der Waals surface area contributed by atoms with Gasteiger partial charge in [0.1, 0.15) is 0 Å². The Kier molecular flexibility index (Phi) is 4.93. The van der Waals surface area contributed by atoms with E-state index in [0.29, 0.717) is 5.95 Å². The highest BCUT2D eigenvalue weighted by molar-refractivity contribution is 7.22. The highest BCUT2D eigenvalue weighted by atomic mass is 32.1. The van der Waals surface area contributed by atoms with Crippen LogP contribution < -0.4 is 5.73 Å². The van der Waals surface area contributed by atoms with Crippen LogP contribution in [0.3, 0.4) is 0 Å². The Morgan fingerprint density at radius 2 is 1.57 bits per heavy atom. The number of thiophene rings is 1. The van der Waals surface area contributed by atoms with Gasteiger partial charge >= 0.3 is 0 Å². The molecule has 4 heteroatoms. The minimum absolute atomic E-state index is 0.325. The SMILES string of the molecule is CCCCc1c(-c2cc3ccccc3s2)nc(N)nc1-c1cccc2ccccc12. The van der Waals surface area contributed by atoms with Crippen LogP contribution in [0.5, 0.6) is 0 Å². The van der Waals surface area contributed by atoms with Crippen LogP contribution in [0.4, 0.5) is 5.95 Å². The highest BCUT2D eigenvalue weighted by Crippen LogP contribution is 2.39. The Balaban J connectivity index is 1.79. The first-order valence-electron chi connectivity index (χ1n) is 10.4. The van der Waals surface area contributed by atoms with Crippen molar-refractivity contribution in [2.75, 3.05) is 5.73 Å². The minimum atomic E-state index is 0.325. The summed E-state index contributed by atoms with van der Waals surface area (Å²) in [6.45, 7) is 2.22. The molecule has 0 saturated carbocycles. The van der Waals surface area contributed by atoms with Gasteiger partial charge in [0.25, 0.3) is 0 Å². The molecule has 0 atom stereocenters. The van der Waals surface area contributed by atoms with Crippen molar-refractivity contribution in [1.29, 1.82) is 0 Å². The van der Waals surface area contributed by atoms with E-state index in [2.05, 4.69) is 79.7 Å². The summed E-state index contributed by atoms with van der Waals surface area (Å²) in [5.74, 6) is 0.325. The summed E-state index contributed by atoms with van der Waals surface area (Å²) in [6.07, 6.45) is 3.13. The van der Waals surface area contributed by atoms with Gasteiger partial charge in [-0.05, 0) is 41.1 Å². The number of nitrogens with zero attached hydrogens (tertiary/aromatic N) is 2. The summed E-state index contributed by atoms with van der Waals surface area (Å²) >= 11 is 1.77. The molecule has 2 heterocycles. The first-order valence-corrected chi connectivity index (χ1v) is 11.2. The normalized spacial score (nSPS) is 11.4. The van der Waals surface area contributed by atoms with Crippen molar-refractivity contribution in [3.05, 3.63) is 78.4 Å². The van der Waals surface area contributed by atoms with Crippen LogP contribution >= 0.6 is 11.3 Å². The third-order valence-corrected chi connectivity index (χ3v) is 6.63. The second-order valence-corrected chi connectivity index (χ2v) is 8.62. The van der Waals surface area contributed by atoms with Crippen molar-refractivity contribution in [3.63, 3.8) is 0 Å². The zero-order chi connectivity index (χ0) is 20.5. The molecule has 148 valence electrons. The van der Waals surface area contributed by atoms with Crippen LogP contribution in [0.2, 0.25) is 0 Å². The van der Waals surface area contributed by atoms with Crippen LogP contribution in [0.1, 0.15) is 25.3 Å². The molecule has 0 spiro atoms. The van der Waals surface area contributed by atoms with Gasteiger partial charge in [-0.2, -0.15) is 0 Å². The maximum absolute atomic E-state index is 6.25. The molecule has 5 aromatic rings. The van der Waals surface area contributed by atoms with Crippen molar-refractivity contribution in [3.8, 4) is 21.8 Å². The van der Waals surface area contributed by atoms with E-state index in [4.69, 9.17) is 15.7 Å². The van der Waals surface area contributed by atoms with Crippen LogP contribution in [0.25, 0.3) is 42.7 Å². The standard InChI is InChI=1S/C26H23N3S/c1-2-3-12-21-24(20-14-8-11-17-9-4-6-13-19(17)20)28-26(27)29-25(21)23-16-18-10-5-7-15-22(18)30-23/h4-11,13-16H,2-3,12H2,1H3,(H2,27,28,29). The summed E-state index contributed by atoms with van der Waals surface area (Å²) in [4.78, 5) is 10.6. The van der Waals surface area contributed by atoms with Gasteiger partial charge in [0, 0.05) is 15.8 Å². The Morgan fingerprint density at radius 3 is 2.40 bits per heavy atom. The monoisotopic (exact) mass is 409 g/mol. The van der Waals surface area contributed by atoms with Crippen LogP contribution in [-0.2, 0) is 6.42 Å². The molecule has 0 saturated heterocycles. The van der Waals surface area contributed by atoms with Gasteiger partial charge in [-0.1, -0.05) is 74.0 Å². The van der Waals surface area contributed by atoms with Crippen molar-refractivity contribution in [1.82, 2.24) is 9.97 Å². The van der Waals surface area contributed by atoms with Crippen molar-refractivity contribution in [2.45, 2.75) is 26.2 Å². The zero-order valence-electron chi connectivity index (χ0n) is 16.9. The lowest BCUT2D eigenvalue weighted by Gasteiger charge is -2.15. The number of rotatable bonds is 5. The fraction of sp³-hybridized carbons (Fsp3) is 0.154. The first kappa shape index (κ1) is 18.8. The Labute approximate surface area is 180 Å². The number of unbranched alkanes of at least 4 members (excludes halogenated alkanes) is 1. The number of nitrogens with two attached hydrogens (primary N) is 1. The van der Waals surface area contributed by atoms with Gasteiger partial charge < -0.3 is 5.73 Å². The van der Waals surface area contributed by atoms with E-state index in [1.165, 1.54) is 26.4 Å². The quantitative estimate of drug-likeness (QED) is 0.337. The van der Waals surface area contributed by atoms with E-state index in [9.17, 15) is 0 Å². The zero-order valence-corrected chi connectivity index (χ0v) is 17.7. The van der Waals surface area contributed by atoms with Crippen LogP contribution in [-0.4, -0.2) is 9.97 Å². The topological polar surface area (TPSA) is 51.8 Å². The average molecular weight is 410 g/mol. The molecule has 0 fully saturated rings. The smallest absolute Gasteiger partial charge is 0.221 e. The van der Waals surface area contributed by atoms with E-state index < -0.39 is 0 Å². The molecule has 0 aliphatic carbocycles. The molecule has 0 bridgehead atoms. The summed E-state index contributed by atoms with van der Waals surface area (Å²) in [5.41, 5.74) is 10.5.